The fourth-order valence-corrected chi connectivity index (χ4v) is 3.57. The molecule has 1 saturated carbocycles. The summed E-state index contributed by atoms with van der Waals surface area (Å²) in [6.45, 7) is 1.99. The molecule has 2 aromatic rings. The first-order valence-electron chi connectivity index (χ1n) is 6.99. The highest BCUT2D eigenvalue weighted by molar-refractivity contribution is 7.90. The highest BCUT2D eigenvalue weighted by Crippen LogP contribution is 2.47. The normalized spacial score (nSPS) is 20.6. The highest BCUT2D eigenvalue weighted by atomic mass is 32.2. The Kier molecular flexibility index (Phi) is 3.52. The summed E-state index contributed by atoms with van der Waals surface area (Å²) in [5.41, 5.74) is 2.21. The molecule has 1 fully saturated rings. The standard InChI is InChI=1S/C15H17N3O3S/c1-10-4-3-5-11(6-10)13-7-14(13)15(19)17-22(20,21)12-8-16-18(2)9-12/h3-6,8-9,13-14H,7H2,1-2H3,(H,17,19)/t13-,14+/m0/s1. The Bertz CT molecular complexity index is 826. The van der Waals surface area contributed by atoms with Gasteiger partial charge in [0.1, 0.15) is 4.90 Å². The largest absolute Gasteiger partial charge is 0.274 e. The average Bonchev–Trinajstić information content (AvgIpc) is 3.13. The van der Waals surface area contributed by atoms with E-state index in [9.17, 15) is 13.2 Å². The Balaban J connectivity index is 1.69. The maximum Gasteiger partial charge on any atom is 0.267 e. The molecule has 7 heteroatoms. The van der Waals surface area contributed by atoms with Crippen LogP contribution in [-0.4, -0.2) is 24.1 Å². The predicted octanol–water partition coefficient (Wildman–Crippen LogP) is 1.34. The number of hydrogen-bond acceptors (Lipinski definition) is 4. The lowest BCUT2D eigenvalue weighted by atomic mass is 10.1. The van der Waals surface area contributed by atoms with Crippen molar-refractivity contribution in [2.24, 2.45) is 13.0 Å². The van der Waals surface area contributed by atoms with Gasteiger partial charge in [0.2, 0.25) is 5.91 Å². The molecule has 116 valence electrons. The number of benzene rings is 1. The number of carbonyl (C=O) groups excluding carboxylic acids is 1. The second kappa shape index (κ2) is 5.24. The van der Waals surface area contributed by atoms with Crippen molar-refractivity contribution < 1.29 is 13.2 Å². The van der Waals surface area contributed by atoms with E-state index in [1.807, 2.05) is 31.2 Å². The van der Waals surface area contributed by atoms with Crippen molar-refractivity contribution in [2.75, 3.05) is 0 Å². The van der Waals surface area contributed by atoms with Crippen LogP contribution in [0.3, 0.4) is 0 Å². The lowest BCUT2D eigenvalue weighted by Crippen LogP contribution is -2.31. The fraction of sp³-hybridized carbons (Fsp3) is 0.333. The minimum Gasteiger partial charge on any atom is -0.274 e. The van der Waals surface area contributed by atoms with E-state index in [-0.39, 0.29) is 16.7 Å². The van der Waals surface area contributed by atoms with Gasteiger partial charge >= 0.3 is 0 Å². The van der Waals surface area contributed by atoms with Gasteiger partial charge in [-0.1, -0.05) is 29.8 Å². The van der Waals surface area contributed by atoms with Crippen LogP contribution < -0.4 is 4.72 Å². The first-order chi connectivity index (χ1) is 10.4. The molecule has 0 saturated heterocycles. The third kappa shape index (κ3) is 2.89. The Morgan fingerprint density at radius 1 is 1.41 bits per heavy atom. The van der Waals surface area contributed by atoms with Gasteiger partial charge in [0.15, 0.2) is 0 Å². The van der Waals surface area contributed by atoms with Gasteiger partial charge in [0, 0.05) is 19.2 Å². The number of rotatable bonds is 4. The fourth-order valence-electron chi connectivity index (χ4n) is 2.56. The van der Waals surface area contributed by atoms with Crippen LogP contribution in [0.5, 0.6) is 0 Å². The Morgan fingerprint density at radius 3 is 2.82 bits per heavy atom. The molecule has 6 nitrogen and oxygen atoms in total. The van der Waals surface area contributed by atoms with E-state index >= 15 is 0 Å². The van der Waals surface area contributed by atoms with Gasteiger partial charge < -0.3 is 0 Å². The molecule has 0 aliphatic heterocycles. The quantitative estimate of drug-likeness (QED) is 0.922. The molecular formula is C15H17N3O3S. The molecule has 0 spiro atoms. The summed E-state index contributed by atoms with van der Waals surface area (Å²) >= 11 is 0. The Morgan fingerprint density at radius 2 is 2.18 bits per heavy atom. The predicted molar refractivity (Wildman–Crippen MR) is 80.6 cm³/mol. The Hall–Kier alpha value is -2.15. The van der Waals surface area contributed by atoms with Crippen LogP contribution in [0.15, 0.2) is 41.6 Å². The number of aromatic nitrogens is 2. The second-order valence-corrected chi connectivity index (χ2v) is 7.36. The van der Waals surface area contributed by atoms with Crippen molar-refractivity contribution in [1.82, 2.24) is 14.5 Å². The van der Waals surface area contributed by atoms with Crippen molar-refractivity contribution in [2.45, 2.75) is 24.2 Å². The summed E-state index contributed by atoms with van der Waals surface area (Å²) in [5.74, 6) is -0.632. The van der Waals surface area contributed by atoms with Gasteiger partial charge in [-0.2, -0.15) is 5.10 Å². The highest BCUT2D eigenvalue weighted by Gasteiger charge is 2.45. The van der Waals surface area contributed by atoms with Crippen molar-refractivity contribution in [3.63, 3.8) is 0 Å². The van der Waals surface area contributed by atoms with Gasteiger partial charge in [-0.05, 0) is 24.8 Å². The number of sulfonamides is 1. The summed E-state index contributed by atoms with van der Waals surface area (Å²) in [6.07, 6.45) is 3.26. The van der Waals surface area contributed by atoms with E-state index in [2.05, 4.69) is 9.82 Å². The van der Waals surface area contributed by atoms with Gasteiger partial charge in [-0.25, -0.2) is 13.1 Å². The van der Waals surface area contributed by atoms with Crippen LogP contribution in [0.2, 0.25) is 0 Å². The smallest absolute Gasteiger partial charge is 0.267 e. The monoisotopic (exact) mass is 319 g/mol. The molecule has 1 aromatic carbocycles. The molecular weight excluding hydrogens is 302 g/mol. The molecule has 3 rings (SSSR count). The van der Waals surface area contributed by atoms with Crippen LogP contribution in [-0.2, 0) is 21.9 Å². The van der Waals surface area contributed by atoms with Crippen molar-refractivity contribution in [1.29, 1.82) is 0 Å². The van der Waals surface area contributed by atoms with Gasteiger partial charge in [-0.3, -0.25) is 9.48 Å². The summed E-state index contributed by atoms with van der Waals surface area (Å²) in [4.78, 5) is 12.1. The minimum absolute atomic E-state index is 0.00361. The van der Waals surface area contributed by atoms with E-state index < -0.39 is 15.9 Å². The minimum atomic E-state index is -3.84. The zero-order valence-electron chi connectivity index (χ0n) is 12.4. The number of aryl methyl sites for hydroxylation is 2. The van der Waals surface area contributed by atoms with E-state index in [1.54, 1.807) is 7.05 Å². The third-order valence-corrected chi connectivity index (χ3v) is 5.13. The first-order valence-corrected chi connectivity index (χ1v) is 8.47. The average molecular weight is 319 g/mol. The SMILES string of the molecule is Cc1cccc([C@@H]2C[C@H]2C(=O)NS(=O)(=O)c2cnn(C)c2)c1. The van der Waals surface area contributed by atoms with Crippen LogP contribution >= 0.6 is 0 Å². The number of carbonyl (C=O) groups is 1. The van der Waals surface area contributed by atoms with E-state index in [4.69, 9.17) is 0 Å². The molecule has 1 N–H and O–H groups in total. The third-order valence-electron chi connectivity index (χ3n) is 3.82. The molecule has 1 aromatic heterocycles. The van der Waals surface area contributed by atoms with E-state index in [1.165, 1.54) is 17.1 Å². The van der Waals surface area contributed by atoms with Crippen LogP contribution in [0, 0.1) is 12.8 Å². The maximum atomic E-state index is 12.2. The van der Waals surface area contributed by atoms with Crippen LogP contribution in [0.4, 0.5) is 0 Å². The van der Waals surface area contributed by atoms with E-state index in [0.29, 0.717) is 6.42 Å². The molecule has 1 amide bonds. The van der Waals surface area contributed by atoms with E-state index in [0.717, 1.165) is 11.1 Å². The summed E-state index contributed by atoms with van der Waals surface area (Å²) in [6, 6.07) is 7.95. The van der Waals surface area contributed by atoms with Crippen LogP contribution in [0.25, 0.3) is 0 Å². The van der Waals surface area contributed by atoms with Gasteiger partial charge in [0.05, 0.1) is 6.20 Å². The maximum absolute atomic E-state index is 12.2. The summed E-state index contributed by atoms with van der Waals surface area (Å²) in [7, 11) is -2.22. The Labute approximate surface area is 129 Å². The number of nitrogens with zero attached hydrogens (tertiary/aromatic N) is 2. The number of hydrogen-bond donors (Lipinski definition) is 1. The summed E-state index contributed by atoms with van der Waals surface area (Å²) in [5, 5.41) is 3.81. The van der Waals surface area contributed by atoms with Crippen molar-refractivity contribution in [3.05, 3.63) is 47.8 Å². The number of amides is 1. The zero-order chi connectivity index (χ0) is 15.9. The number of nitrogens with one attached hydrogen (secondary N) is 1. The second-order valence-electron chi connectivity index (χ2n) is 5.68. The molecule has 1 heterocycles. The molecule has 22 heavy (non-hydrogen) atoms. The zero-order valence-corrected chi connectivity index (χ0v) is 13.2. The van der Waals surface area contributed by atoms with Crippen LogP contribution in [0.1, 0.15) is 23.5 Å². The lowest BCUT2D eigenvalue weighted by molar-refractivity contribution is -0.120. The molecule has 2 atom stereocenters. The topological polar surface area (TPSA) is 81.1 Å². The first kappa shape index (κ1) is 14.8. The molecule has 0 unspecified atom stereocenters. The molecule has 1 aliphatic carbocycles. The lowest BCUT2D eigenvalue weighted by Gasteiger charge is -2.05. The van der Waals surface area contributed by atoms with Gasteiger partial charge in [0.25, 0.3) is 10.0 Å². The molecule has 0 radical (unpaired) electrons. The van der Waals surface area contributed by atoms with Crippen molar-refractivity contribution >= 4 is 15.9 Å². The van der Waals surface area contributed by atoms with Gasteiger partial charge in [-0.15, -0.1) is 0 Å². The van der Waals surface area contributed by atoms with Crippen molar-refractivity contribution in [3.8, 4) is 0 Å². The molecule has 1 aliphatic rings. The molecule has 0 bridgehead atoms. The summed E-state index contributed by atoms with van der Waals surface area (Å²) < 4.78 is 27.7.